The summed E-state index contributed by atoms with van der Waals surface area (Å²) in [4.78, 5) is 21.3. The molecule has 0 spiro atoms. The van der Waals surface area contributed by atoms with E-state index in [1.165, 1.54) is 25.4 Å². The van der Waals surface area contributed by atoms with Crippen LogP contribution in [0.3, 0.4) is 0 Å². The fourth-order valence-electron chi connectivity index (χ4n) is 5.08. The third-order valence-electron chi connectivity index (χ3n) is 7.05. The molecule has 5 rings (SSSR count). The van der Waals surface area contributed by atoms with E-state index in [1.54, 1.807) is 4.90 Å². The average Bonchev–Trinajstić information content (AvgIpc) is 3.15. The van der Waals surface area contributed by atoms with Crippen molar-refractivity contribution in [3.63, 3.8) is 0 Å². The Morgan fingerprint density at radius 1 is 0.750 bits per heavy atom. The maximum atomic E-state index is 13.7. The van der Waals surface area contributed by atoms with E-state index in [1.807, 2.05) is 0 Å². The zero-order valence-electron chi connectivity index (χ0n) is 21.7. The number of hydrogen-bond donors (Lipinski definition) is 2. The summed E-state index contributed by atoms with van der Waals surface area (Å²) in [7, 11) is 1.36. The second-order valence-corrected chi connectivity index (χ2v) is 9.67. The zero-order chi connectivity index (χ0) is 28.5. The highest BCUT2D eigenvalue weighted by atomic mass is 19.4. The molecule has 0 atom stereocenters. The monoisotopic (exact) mass is 566 g/mol. The average molecular weight is 567 g/mol. The van der Waals surface area contributed by atoms with E-state index in [2.05, 4.69) is 25.5 Å². The molecule has 2 N–H and O–H groups in total. The molecule has 2 aliphatic heterocycles. The third-order valence-corrected chi connectivity index (χ3v) is 7.05. The van der Waals surface area contributed by atoms with Gasteiger partial charge in [0.25, 0.3) is 0 Å². The maximum Gasteiger partial charge on any atom is 0.419 e. The Bertz CT molecular complexity index is 1350. The van der Waals surface area contributed by atoms with Gasteiger partial charge in [0, 0.05) is 51.4 Å². The summed E-state index contributed by atoms with van der Waals surface area (Å²) in [5.74, 6) is 0.510. The Hall–Kier alpha value is -3.84. The van der Waals surface area contributed by atoms with Gasteiger partial charge in [-0.15, -0.1) is 0 Å². The summed E-state index contributed by atoms with van der Waals surface area (Å²) in [5.41, 5.74) is -0.359. The molecule has 3 aromatic rings. The molecular weight excluding hydrogens is 538 g/mol. The number of nitrogens with zero attached hydrogens (tertiary/aromatic N) is 6. The van der Waals surface area contributed by atoms with Crippen molar-refractivity contribution in [1.82, 2.24) is 19.9 Å². The maximum absolute atomic E-state index is 13.7. The topological polar surface area (TPSA) is 82.1 Å². The number of piperidine rings is 1. The summed E-state index contributed by atoms with van der Waals surface area (Å²) < 4.78 is 81.3. The van der Waals surface area contributed by atoms with Crippen LogP contribution in [0.4, 0.5) is 55.6 Å². The first kappa shape index (κ1) is 27.7. The van der Waals surface area contributed by atoms with Crippen LogP contribution in [-0.4, -0.2) is 53.2 Å². The van der Waals surface area contributed by atoms with Crippen LogP contribution in [0.2, 0.25) is 0 Å². The second-order valence-electron chi connectivity index (χ2n) is 9.67. The number of rotatable bonds is 5. The molecule has 0 saturated carbocycles. The molecule has 1 fully saturated rings. The first-order valence-corrected chi connectivity index (χ1v) is 13.0. The van der Waals surface area contributed by atoms with Crippen molar-refractivity contribution in [2.45, 2.75) is 44.5 Å². The number of pyridine rings is 2. The number of hydrogen-bond acceptors (Lipinski definition) is 8. The van der Waals surface area contributed by atoms with Crippen LogP contribution < -0.4 is 20.4 Å². The number of halogens is 6. The molecule has 214 valence electrons. The van der Waals surface area contributed by atoms with E-state index in [4.69, 9.17) is 9.97 Å². The minimum atomic E-state index is -4.58. The number of fused-ring (bicyclic) bond motifs is 1. The van der Waals surface area contributed by atoms with Gasteiger partial charge in [-0.2, -0.15) is 31.3 Å². The fraction of sp³-hybridized carbons (Fsp3) is 0.462. The number of anilines is 5. The van der Waals surface area contributed by atoms with Gasteiger partial charge in [-0.1, -0.05) is 0 Å². The van der Waals surface area contributed by atoms with Crippen molar-refractivity contribution in [1.29, 1.82) is 0 Å². The highest BCUT2D eigenvalue weighted by Gasteiger charge is 2.37. The van der Waals surface area contributed by atoms with Gasteiger partial charge >= 0.3 is 12.4 Å². The van der Waals surface area contributed by atoms with Crippen molar-refractivity contribution in [3.8, 4) is 0 Å². The van der Waals surface area contributed by atoms with Gasteiger partial charge in [-0.25, -0.2) is 15.0 Å². The molecule has 0 radical (unpaired) electrons. The Labute approximate surface area is 226 Å². The molecule has 5 heterocycles. The normalized spacial score (nSPS) is 16.4. The molecule has 0 aromatic carbocycles. The van der Waals surface area contributed by atoms with E-state index in [0.717, 1.165) is 44.5 Å². The van der Waals surface area contributed by atoms with Gasteiger partial charge < -0.3 is 20.4 Å². The highest BCUT2D eigenvalue weighted by Crippen LogP contribution is 2.37. The first-order chi connectivity index (χ1) is 19.0. The van der Waals surface area contributed by atoms with Crippen LogP contribution in [0.5, 0.6) is 0 Å². The molecule has 14 heteroatoms. The van der Waals surface area contributed by atoms with Crippen molar-refractivity contribution < 1.29 is 26.3 Å². The van der Waals surface area contributed by atoms with Crippen molar-refractivity contribution in [3.05, 3.63) is 52.8 Å². The van der Waals surface area contributed by atoms with E-state index >= 15 is 0 Å². The summed E-state index contributed by atoms with van der Waals surface area (Å²) in [6.07, 6.45) is -4.13. The molecule has 0 bridgehead atoms. The van der Waals surface area contributed by atoms with Crippen LogP contribution in [0.15, 0.2) is 30.5 Å². The third kappa shape index (κ3) is 5.85. The fourth-order valence-corrected chi connectivity index (χ4v) is 5.08. The number of alkyl halides is 6. The van der Waals surface area contributed by atoms with Gasteiger partial charge in [-0.05, 0) is 49.9 Å². The van der Waals surface area contributed by atoms with Crippen LogP contribution >= 0.6 is 0 Å². The predicted molar refractivity (Wildman–Crippen MR) is 139 cm³/mol. The van der Waals surface area contributed by atoms with E-state index < -0.39 is 23.5 Å². The molecular formula is C26H28F6N8. The lowest BCUT2D eigenvalue weighted by Gasteiger charge is -2.28. The molecule has 0 amide bonds. The number of nitrogens with one attached hydrogen (secondary N) is 2. The Balaban J connectivity index is 1.51. The largest absolute Gasteiger partial charge is 0.419 e. The second kappa shape index (κ2) is 11.0. The molecule has 3 aromatic heterocycles. The van der Waals surface area contributed by atoms with Crippen LogP contribution in [-0.2, 0) is 25.2 Å². The highest BCUT2D eigenvalue weighted by molar-refractivity contribution is 5.63. The molecule has 2 aliphatic rings. The minimum absolute atomic E-state index is 0.146. The molecule has 40 heavy (non-hydrogen) atoms. The van der Waals surface area contributed by atoms with Crippen LogP contribution in [0.1, 0.15) is 41.6 Å². The van der Waals surface area contributed by atoms with Crippen molar-refractivity contribution in [2.75, 3.05) is 53.7 Å². The quantitative estimate of drug-likeness (QED) is 0.382. The van der Waals surface area contributed by atoms with E-state index in [0.29, 0.717) is 35.9 Å². The molecule has 0 aliphatic carbocycles. The van der Waals surface area contributed by atoms with Crippen molar-refractivity contribution in [2.24, 2.45) is 0 Å². The minimum Gasteiger partial charge on any atom is -0.373 e. The smallest absolute Gasteiger partial charge is 0.373 e. The Morgan fingerprint density at radius 2 is 1.48 bits per heavy atom. The van der Waals surface area contributed by atoms with Crippen LogP contribution in [0.25, 0.3) is 0 Å². The molecule has 1 saturated heterocycles. The predicted octanol–water partition coefficient (Wildman–Crippen LogP) is 5.69. The summed E-state index contributed by atoms with van der Waals surface area (Å²) in [6, 6.07) is 4.43. The SMILES string of the molecule is CNc1nc(Nc2nc(N3CCCCC3)nc3c2CCN(c2ncccc2C(F)(F)F)CC3)ccc1C(F)(F)F. The summed E-state index contributed by atoms with van der Waals surface area (Å²) in [5, 5.41) is 5.56. The lowest BCUT2D eigenvalue weighted by Crippen LogP contribution is -2.31. The van der Waals surface area contributed by atoms with E-state index in [9.17, 15) is 26.3 Å². The summed E-state index contributed by atoms with van der Waals surface area (Å²) in [6.45, 7) is 1.99. The Kier molecular flexibility index (Phi) is 7.60. The van der Waals surface area contributed by atoms with Gasteiger partial charge in [0.15, 0.2) is 0 Å². The number of aromatic nitrogens is 4. The van der Waals surface area contributed by atoms with Crippen LogP contribution in [0, 0.1) is 0 Å². The van der Waals surface area contributed by atoms with Gasteiger partial charge in [-0.3, -0.25) is 0 Å². The van der Waals surface area contributed by atoms with Crippen molar-refractivity contribution >= 4 is 29.2 Å². The van der Waals surface area contributed by atoms with Gasteiger partial charge in [0.2, 0.25) is 5.95 Å². The molecule has 8 nitrogen and oxygen atoms in total. The summed E-state index contributed by atoms with van der Waals surface area (Å²) >= 11 is 0. The standard InChI is InChI=1S/C26H28F6N8/c1-33-22-17(25(27,28)29)7-8-20(37-22)36-21-16-9-14-39(23-18(26(30,31)32)6-5-11-34-23)15-10-19(16)35-24(38-21)40-12-3-2-4-13-40/h5-8,11H,2-4,9-10,12-15H2,1H3,(H2,33,35,36,37,38). The first-order valence-electron chi connectivity index (χ1n) is 13.0. The Morgan fingerprint density at radius 3 is 2.17 bits per heavy atom. The lowest BCUT2D eigenvalue weighted by molar-refractivity contribution is -0.138. The van der Waals surface area contributed by atoms with Gasteiger partial charge in [0.05, 0.1) is 16.8 Å². The van der Waals surface area contributed by atoms with E-state index in [-0.39, 0.29) is 30.5 Å². The lowest BCUT2D eigenvalue weighted by atomic mass is 10.1. The molecule has 0 unspecified atom stereocenters. The zero-order valence-corrected chi connectivity index (χ0v) is 21.7. The van der Waals surface area contributed by atoms with Gasteiger partial charge in [0.1, 0.15) is 23.3 Å².